The second kappa shape index (κ2) is 7.26. The number of methoxy groups -OCH3 is 2. The van der Waals surface area contributed by atoms with Crippen molar-refractivity contribution >= 4 is 23.6 Å². The zero-order valence-electron chi connectivity index (χ0n) is 12.3. The van der Waals surface area contributed by atoms with Gasteiger partial charge in [0.1, 0.15) is 0 Å². The van der Waals surface area contributed by atoms with E-state index in [1.54, 1.807) is 0 Å². The van der Waals surface area contributed by atoms with Crippen molar-refractivity contribution in [3.8, 4) is 17.2 Å². The van der Waals surface area contributed by atoms with Crippen LogP contribution in [0.25, 0.3) is 6.08 Å². The van der Waals surface area contributed by atoms with Crippen LogP contribution in [-0.4, -0.2) is 42.0 Å². The van der Waals surface area contributed by atoms with E-state index in [1.807, 2.05) is 0 Å². The van der Waals surface area contributed by atoms with E-state index in [2.05, 4.69) is 0 Å². The molecule has 118 valence electrons. The number of carboxylic acids is 1. The molecule has 7 heteroatoms. The van der Waals surface area contributed by atoms with Crippen molar-refractivity contribution in [1.82, 2.24) is 0 Å². The molecule has 22 heavy (non-hydrogen) atoms. The SMILES string of the molecule is COc1cc(C=CC(=O)C(C(C)=O)C(=O)O)cc(OC)c1O. The molecule has 0 saturated carbocycles. The largest absolute Gasteiger partial charge is 0.502 e. The fraction of sp³-hybridized carbons (Fsp3) is 0.267. The number of ether oxygens (including phenoxy) is 2. The molecule has 1 aromatic rings. The number of carbonyl (C=O) groups excluding carboxylic acids is 2. The third kappa shape index (κ3) is 3.85. The Morgan fingerprint density at radius 1 is 1.14 bits per heavy atom. The Kier molecular flexibility index (Phi) is 5.68. The highest BCUT2D eigenvalue weighted by atomic mass is 16.5. The minimum Gasteiger partial charge on any atom is -0.502 e. The molecule has 1 aromatic carbocycles. The number of aromatic hydroxyl groups is 1. The number of carbonyl (C=O) groups is 3. The maximum atomic E-state index is 11.8. The van der Waals surface area contributed by atoms with E-state index in [9.17, 15) is 19.5 Å². The van der Waals surface area contributed by atoms with Gasteiger partial charge in [0.05, 0.1) is 14.2 Å². The van der Waals surface area contributed by atoms with E-state index in [0.29, 0.717) is 5.56 Å². The summed E-state index contributed by atoms with van der Waals surface area (Å²) in [5, 5.41) is 18.6. The van der Waals surface area contributed by atoms with Crippen LogP contribution in [0.5, 0.6) is 17.2 Å². The predicted molar refractivity (Wildman–Crippen MR) is 77.1 cm³/mol. The van der Waals surface area contributed by atoms with Crippen molar-refractivity contribution in [3.05, 3.63) is 23.8 Å². The first kappa shape index (κ1) is 17.2. The van der Waals surface area contributed by atoms with E-state index >= 15 is 0 Å². The number of phenolic OH excluding ortho intramolecular Hbond substituents is 1. The van der Waals surface area contributed by atoms with E-state index < -0.39 is 23.5 Å². The fourth-order valence-electron chi connectivity index (χ4n) is 1.78. The van der Waals surface area contributed by atoms with Gasteiger partial charge in [0, 0.05) is 0 Å². The number of Topliss-reactive ketones (excluding diaryl/α,β-unsaturated/α-hetero) is 1. The Labute approximate surface area is 126 Å². The van der Waals surface area contributed by atoms with Crippen LogP contribution < -0.4 is 9.47 Å². The molecule has 0 bridgehead atoms. The number of carboxylic acid groups (broad SMARTS) is 1. The van der Waals surface area contributed by atoms with Crippen molar-refractivity contribution in [2.45, 2.75) is 6.92 Å². The van der Waals surface area contributed by atoms with Crippen LogP contribution in [0, 0.1) is 5.92 Å². The number of hydrogen-bond donors (Lipinski definition) is 2. The summed E-state index contributed by atoms with van der Waals surface area (Å²) in [6.45, 7) is 1.04. The fourth-order valence-corrected chi connectivity index (χ4v) is 1.78. The predicted octanol–water partition coefficient (Wildman–Crippen LogP) is 1.28. The summed E-state index contributed by atoms with van der Waals surface area (Å²) >= 11 is 0. The van der Waals surface area contributed by atoms with Gasteiger partial charge >= 0.3 is 5.97 Å². The lowest BCUT2D eigenvalue weighted by Gasteiger charge is -2.09. The summed E-state index contributed by atoms with van der Waals surface area (Å²) in [6.07, 6.45) is 2.30. The number of ketones is 2. The van der Waals surface area contributed by atoms with Gasteiger partial charge in [0.25, 0.3) is 0 Å². The lowest BCUT2D eigenvalue weighted by Crippen LogP contribution is -2.28. The Bertz CT molecular complexity index is 592. The van der Waals surface area contributed by atoms with Crippen LogP contribution in [0.4, 0.5) is 0 Å². The molecule has 0 radical (unpaired) electrons. The molecule has 1 unspecified atom stereocenters. The molecule has 0 spiro atoms. The minimum absolute atomic E-state index is 0.132. The number of rotatable bonds is 7. The Morgan fingerprint density at radius 3 is 2.00 bits per heavy atom. The third-order valence-corrected chi connectivity index (χ3v) is 2.88. The summed E-state index contributed by atoms with van der Waals surface area (Å²) in [4.78, 5) is 33.8. The van der Waals surface area contributed by atoms with E-state index in [4.69, 9.17) is 14.6 Å². The molecule has 1 rings (SSSR count). The zero-order chi connectivity index (χ0) is 16.9. The highest BCUT2D eigenvalue weighted by Gasteiger charge is 2.28. The van der Waals surface area contributed by atoms with Crippen molar-refractivity contribution in [2.24, 2.45) is 5.92 Å². The molecule has 2 N–H and O–H groups in total. The molecule has 0 fully saturated rings. The zero-order valence-corrected chi connectivity index (χ0v) is 12.3. The topological polar surface area (TPSA) is 110 Å². The number of aliphatic carboxylic acids is 1. The summed E-state index contributed by atoms with van der Waals surface area (Å²) in [5.74, 6) is -4.74. The molecule has 0 amide bonds. The summed E-state index contributed by atoms with van der Waals surface area (Å²) in [5.41, 5.74) is 0.438. The third-order valence-electron chi connectivity index (χ3n) is 2.88. The van der Waals surface area contributed by atoms with E-state index in [-0.39, 0.29) is 17.2 Å². The summed E-state index contributed by atoms with van der Waals surface area (Å²) in [6, 6.07) is 2.87. The second-order valence-electron chi connectivity index (χ2n) is 4.39. The lowest BCUT2D eigenvalue weighted by molar-refractivity contribution is -0.148. The number of hydrogen-bond acceptors (Lipinski definition) is 6. The molecule has 0 aliphatic heterocycles. The van der Waals surface area contributed by atoms with Gasteiger partial charge in [-0.25, -0.2) is 0 Å². The van der Waals surface area contributed by atoms with Gasteiger partial charge in [-0.1, -0.05) is 6.08 Å². The van der Waals surface area contributed by atoms with Crippen LogP contribution in [0.15, 0.2) is 18.2 Å². The standard InChI is InChI=1S/C15H16O7/c1-8(16)13(15(19)20)10(17)5-4-9-6-11(21-2)14(18)12(7-9)22-3/h4-7,13,18H,1-3H3,(H,19,20). The Morgan fingerprint density at radius 2 is 1.64 bits per heavy atom. The maximum absolute atomic E-state index is 11.8. The highest BCUT2D eigenvalue weighted by molar-refractivity contribution is 6.20. The first-order valence-corrected chi connectivity index (χ1v) is 6.22. The van der Waals surface area contributed by atoms with Crippen LogP contribution >= 0.6 is 0 Å². The van der Waals surface area contributed by atoms with Crippen molar-refractivity contribution in [1.29, 1.82) is 0 Å². The van der Waals surface area contributed by atoms with Crippen LogP contribution in [-0.2, 0) is 14.4 Å². The van der Waals surface area contributed by atoms with Crippen LogP contribution in [0.1, 0.15) is 12.5 Å². The van der Waals surface area contributed by atoms with Gasteiger partial charge in [-0.05, 0) is 30.7 Å². The van der Waals surface area contributed by atoms with Gasteiger partial charge < -0.3 is 19.7 Å². The average molecular weight is 308 g/mol. The summed E-state index contributed by atoms with van der Waals surface area (Å²) in [7, 11) is 2.70. The van der Waals surface area contributed by atoms with Gasteiger partial charge in [-0.2, -0.15) is 0 Å². The quantitative estimate of drug-likeness (QED) is 0.576. The molecule has 7 nitrogen and oxygen atoms in total. The van der Waals surface area contributed by atoms with Crippen molar-refractivity contribution in [3.63, 3.8) is 0 Å². The first-order valence-electron chi connectivity index (χ1n) is 6.22. The molecule has 0 heterocycles. The highest BCUT2D eigenvalue weighted by Crippen LogP contribution is 2.37. The van der Waals surface area contributed by atoms with Crippen molar-refractivity contribution in [2.75, 3.05) is 14.2 Å². The number of phenols is 1. The first-order chi connectivity index (χ1) is 10.3. The van der Waals surface area contributed by atoms with E-state index in [1.165, 1.54) is 32.4 Å². The average Bonchev–Trinajstić information content (AvgIpc) is 2.45. The molecule has 0 aliphatic rings. The molecule has 1 atom stereocenters. The van der Waals surface area contributed by atoms with Gasteiger partial charge in [0.15, 0.2) is 29.0 Å². The maximum Gasteiger partial charge on any atom is 0.322 e. The minimum atomic E-state index is -1.72. The molecule has 0 aliphatic carbocycles. The Balaban J connectivity index is 3.11. The van der Waals surface area contributed by atoms with Crippen LogP contribution in [0.2, 0.25) is 0 Å². The van der Waals surface area contributed by atoms with Gasteiger partial charge in [-0.3, -0.25) is 14.4 Å². The number of allylic oxidation sites excluding steroid dienone is 1. The lowest BCUT2D eigenvalue weighted by atomic mass is 9.99. The monoisotopic (exact) mass is 308 g/mol. The van der Waals surface area contributed by atoms with Gasteiger partial charge in [-0.15, -0.1) is 0 Å². The van der Waals surface area contributed by atoms with Crippen LogP contribution in [0.3, 0.4) is 0 Å². The van der Waals surface area contributed by atoms with E-state index in [0.717, 1.165) is 13.0 Å². The molecular weight excluding hydrogens is 292 g/mol. The van der Waals surface area contributed by atoms with Crippen molar-refractivity contribution < 1.29 is 34.1 Å². The Hall–Kier alpha value is -2.83. The molecule has 0 aromatic heterocycles. The van der Waals surface area contributed by atoms with Gasteiger partial charge in [0.2, 0.25) is 5.75 Å². The molecular formula is C15H16O7. The normalized spacial score (nSPS) is 12.0. The summed E-state index contributed by atoms with van der Waals surface area (Å²) < 4.78 is 9.92. The number of benzene rings is 1. The molecule has 0 saturated heterocycles. The smallest absolute Gasteiger partial charge is 0.322 e. The second-order valence-corrected chi connectivity index (χ2v) is 4.39.